The molecule has 0 aromatic carbocycles. The summed E-state index contributed by atoms with van der Waals surface area (Å²) in [6.45, 7) is 10.9. The van der Waals surface area contributed by atoms with Crippen molar-refractivity contribution in [2.45, 2.75) is 58.0 Å². The zero-order valence-corrected chi connectivity index (χ0v) is 13.2. The topological polar surface area (TPSA) is 15.3 Å². The molecule has 0 aromatic rings. The Bertz CT molecular complexity index is 255. The summed E-state index contributed by atoms with van der Waals surface area (Å²) >= 11 is 2.08. The zero-order valence-electron chi connectivity index (χ0n) is 12.4. The molecule has 1 saturated carbocycles. The van der Waals surface area contributed by atoms with Crippen LogP contribution in [0.1, 0.15) is 46.5 Å². The smallest absolute Gasteiger partial charge is 0.0308 e. The average molecular weight is 270 g/mol. The van der Waals surface area contributed by atoms with Crippen molar-refractivity contribution in [3.05, 3.63) is 0 Å². The van der Waals surface area contributed by atoms with Gasteiger partial charge in [-0.2, -0.15) is 11.8 Å². The minimum atomic E-state index is 0.392. The molecule has 0 bridgehead atoms. The van der Waals surface area contributed by atoms with E-state index in [1.165, 1.54) is 56.8 Å². The Hall–Kier alpha value is 0.270. The van der Waals surface area contributed by atoms with Gasteiger partial charge in [-0.1, -0.05) is 6.92 Å². The molecular weight excluding hydrogens is 240 g/mol. The first-order valence-electron chi connectivity index (χ1n) is 7.72. The number of thioether (sulfide) groups is 1. The summed E-state index contributed by atoms with van der Waals surface area (Å²) in [5.41, 5.74) is 0.392. The Morgan fingerprint density at radius 2 is 2.22 bits per heavy atom. The normalized spacial score (nSPS) is 32.2. The van der Waals surface area contributed by atoms with Crippen LogP contribution in [-0.4, -0.2) is 47.6 Å². The molecule has 0 aromatic heterocycles. The van der Waals surface area contributed by atoms with Gasteiger partial charge in [0.2, 0.25) is 0 Å². The summed E-state index contributed by atoms with van der Waals surface area (Å²) < 4.78 is 0. The minimum Gasteiger partial charge on any atom is -0.310 e. The molecule has 106 valence electrons. The summed E-state index contributed by atoms with van der Waals surface area (Å²) in [6.07, 6.45) is 5.54. The summed E-state index contributed by atoms with van der Waals surface area (Å²) in [4.78, 5) is 2.74. The molecule has 2 atom stereocenters. The lowest BCUT2D eigenvalue weighted by molar-refractivity contribution is 0.157. The van der Waals surface area contributed by atoms with Crippen LogP contribution in [0.2, 0.25) is 0 Å². The van der Waals surface area contributed by atoms with Crippen LogP contribution in [0.3, 0.4) is 0 Å². The molecule has 1 heterocycles. The number of nitrogens with one attached hydrogen (secondary N) is 1. The first-order chi connectivity index (χ1) is 8.65. The zero-order chi connectivity index (χ0) is 13.0. The molecule has 0 spiro atoms. The highest BCUT2D eigenvalue weighted by Crippen LogP contribution is 2.40. The highest BCUT2D eigenvalue weighted by molar-refractivity contribution is 7.99. The lowest BCUT2D eigenvalue weighted by Crippen LogP contribution is -2.52. The van der Waals surface area contributed by atoms with Gasteiger partial charge in [-0.3, -0.25) is 4.90 Å². The SMILES string of the molecule is CCSCCC(C)N1CCCNC(C)(C2CC2)C1. The van der Waals surface area contributed by atoms with Crippen LogP contribution in [0, 0.1) is 5.92 Å². The van der Waals surface area contributed by atoms with Crippen molar-refractivity contribution in [2.24, 2.45) is 5.92 Å². The highest BCUT2D eigenvalue weighted by atomic mass is 32.2. The quantitative estimate of drug-likeness (QED) is 0.747. The van der Waals surface area contributed by atoms with Crippen molar-refractivity contribution < 1.29 is 0 Å². The fourth-order valence-electron chi connectivity index (χ4n) is 3.16. The van der Waals surface area contributed by atoms with Crippen LogP contribution in [-0.2, 0) is 0 Å². The molecule has 3 heteroatoms. The molecule has 0 amide bonds. The van der Waals surface area contributed by atoms with Crippen molar-refractivity contribution in [1.29, 1.82) is 0 Å². The largest absolute Gasteiger partial charge is 0.310 e. The minimum absolute atomic E-state index is 0.392. The van der Waals surface area contributed by atoms with Gasteiger partial charge in [0, 0.05) is 18.1 Å². The van der Waals surface area contributed by atoms with Gasteiger partial charge in [0.15, 0.2) is 0 Å². The van der Waals surface area contributed by atoms with Gasteiger partial charge in [-0.25, -0.2) is 0 Å². The van der Waals surface area contributed by atoms with Crippen molar-refractivity contribution in [3.63, 3.8) is 0 Å². The Balaban J connectivity index is 1.86. The summed E-state index contributed by atoms with van der Waals surface area (Å²) in [5.74, 6) is 3.52. The number of hydrogen-bond donors (Lipinski definition) is 1. The lowest BCUT2D eigenvalue weighted by atomic mass is 9.94. The molecule has 2 aliphatic rings. The van der Waals surface area contributed by atoms with E-state index in [0.717, 1.165) is 12.0 Å². The summed E-state index contributed by atoms with van der Waals surface area (Å²) in [5, 5.41) is 3.83. The maximum absolute atomic E-state index is 3.83. The molecule has 2 nitrogen and oxygen atoms in total. The van der Waals surface area contributed by atoms with Crippen LogP contribution in [0.4, 0.5) is 0 Å². The third-order valence-corrected chi connectivity index (χ3v) is 5.60. The molecule has 2 fully saturated rings. The second-order valence-electron chi connectivity index (χ2n) is 6.28. The molecule has 1 N–H and O–H groups in total. The van der Waals surface area contributed by atoms with Gasteiger partial charge >= 0.3 is 0 Å². The monoisotopic (exact) mass is 270 g/mol. The van der Waals surface area contributed by atoms with Crippen LogP contribution in [0.5, 0.6) is 0 Å². The van der Waals surface area contributed by atoms with Gasteiger partial charge in [0.25, 0.3) is 0 Å². The fourth-order valence-corrected chi connectivity index (χ4v) is 3.96. The van der Waals surface area contributed by atoms with Gasteiger partial charge in [-0.15, -0.1) is 0 Å². The van der Waals surface area contributed by atoms with Crippen molar-refractivity contribution in [1.82, 2.24) is 10.2 Å². The third kappa shape index (κ3) is 3.88. The molecule has 1 aliphatic carbocycles. The van der Waals surface area contributed by atoms with E-state index in [-0.39, 0.29) is 0 Å². The maximum atomic E-state index is 3.83. The summed E-state index contributed by atoms with van der Waals surface area (Å²) in [7, 11) is 0. The van der Waals surface area contributed by atoms with E-state index in [1.807, 2.05) is 0 Å². The summed E-state index contributed by atoms with van der Waals surface area (Å²) in [6, 6.07) is 0.752. The molecule has 2 unspecified atom stereocenters. The van der Waals surface area contributed by atoms with E-state index in [4.69, 9.17) is 0 Å². The Kier molecular flexibility index (Phi) is 5.40. The van der Waals surface area contributed by atoms with Crippen LogP contribution in [0.25, 0.3) is 0 Å². The molecule has 1 aliphatic heterocycles. The van der Waals surface area contributed by atoms with Crippen molar-refractivity contribution in [2.75, 3.05) is 31.1 Å². The highest BCUT2D eigenvalue weighted by Gasteiger charge is 2.43. The van der Waals surface area contributed by atoms with Crippen LogP contribution >= 0.6 is 11.8 Å². The van der Waals surface area contributed by atoms with Gasteiger partial charge in [-0.05, 0) is 70.0 Å². The predicted octanol–water partition coefficient (Wildman–Crippen LogP) is 2.98. The Morgan fingerprint density at radius 1 is 1.44 bits per heavy atom. The number of hydrogen-bond acceptors (Lipinski definition) is 3. The van der Waals surface area contributed by atoms with Gasteiger partial charge in [0.1, 0.15) is 0 Å². The van der Waals surface area contributed by atoms with E-state index in [0.29, 0.717) is 5.54 Å². The van der Waals surface area contributed by atoms with E-state index in [2.05, 4.69) is 42.7 Å². The van der Waals surface area contributed by atoms with Crippen molar-refractivity contribution >= 4 is 11.8 Å². The molecule has 1 saturated heterocycles. The van der Waals surface area contributed by atoms with E-state index in [9.17, 15) is 0 Å². The molecule has 0 radical (unpaired) electrons. The molecule has 18 heavy (non-hydrogen) atoms. The van der Waals surface area contributed by atoms with E-state index < -0.39 is 0 Å². The predicted molar refractivity (Wildman–Crippen MR) is 82.4 cm³/mol. The van der Waals surface area contributed by atoms with Gasteiger partial charge < -0.3 is 5.32 Å². The van der Waals surface area contributed by atoms with Crippen LogP contribution in [0.15, 0.2) is 0 Å². The standard InChI is InChI=1S/C15H30N2S/c1-4-18-11-8-13(2)17-10-5-9-16-15(3,12-17)14-6-7-14/h13-14,16H,4-12H2,1-3H3. The maximum Gasteiger partial charge on any atom is 0.0308 e. The first kappa shape index (κ1) is 14.7. The van der Waals surface area contributed by atoms with Crippen LogP contribution < -0.4 is 5.32 Å². The van der Waals surface area contributed by atoms with E-state index >= 15 is 0 Å². The molecular formula is C15H30N2S. The van der Waals surface area contributed by atoms with E-state index in [1.54, 1.807) is 0 Å². The second-order valence-corrected chi connectivity index (χ2v) is 7.67. The lowest BCUT2D eigenvalue weighted by Gasteiger charge is -2.37. The van der Waals surface area contributed by atoms with Gasteiger partial charge in [0.05, 0.1) is 0 Å². The Labute approximate surface area is 117 Å². The third-order valence-electron chi connectivity index (χ3n) is 4.67. The fraction of sp³-hybridized carbons (Fsp3) is 1.00. The Morgan fingerprint density at radius 3 is 2.89 bits per heavy atom. The first-order valence-corrected chi connectivity index (χ1v) is 8.88. The number of rotatable bonds is 6. The average Bonchev–Trinajstić information content (AvgIpc) is 3.15. The van der Waals surface area contributed by atoms with Crippen molar-refractivity contribution in [3.8, 4) is 0 Å². The second kappa shape index (κ2) is 6.62. The molecule has 2 rings (SSSR count). The number of nitrogens with zero attached hydrogens (tertiary/aromatic N) is 1.